The van der Waals surface area contributed by atoms with Gasteiger partial charge in [-0.15, -0.1) is 0 Å². The molecule has 136 valence electrons. The first kappa shape index (κ1) is 18.9. The molecule has 2 rings (SSSR count). The molecule has 2 aromatic rings. The standard InChI is InChI=1S/C20H27NO4/c1-5-15(3)24-18-11-9-17(10-12-18)23-14-16(4)25-21-19(6-2)20-8-7-13-22-20/h6-13,15-16,21H,5,14H2,1-4H3. The Balaban J connectivity index is 1.75. The number of nitrogens with one attached hydrogen (secondary N) is 1. The number of allylic oxidation sites excluding steroid dienone is 1. The van der Waals surface area contributed by atoms with E-state index in [2.05, 4.69) is 19.3 Å². The van der Waals surface area contributed by atoms with Crippen LogP contribution in [-0.4, -0.2) is 18.8 Å². The molecule has 0 aliphatic carbocycles. The second kappa shape index (κ2) is 9.79. The van der Waals surface area contributed by atoms with Crippen molar-refractivity contribution in [3.05, 3.63) is 54.5 Å². The van der Waals surface area contributed by atoms with Gasteiger partial charge in [0.15, 0.2) is 5.76 Å². The Morgan fingerprint density at radius 1 is 1.12 bits per heavy atom. The van der Waals surface area contributed by atoms with E-state index in [9.17, 15) is 0 Å². The summed E-state index contributed by atoms with van der Waals surface area (Å²) in [6.45, 7) is 8.43. The summed E-state index contributed by atoms with van der Waals surface area (Å²) < 4.78 is 16.8. The van der Waals surface area contributed by atoms with Gasteiger partial charge in [-0.25, -0.2) is 0 Å². The zero-order valence-corrected chi connectivity index (χ0v) is 15.3. The Kier molecular flexibility index (Phi) is 7.41. The Morgan fingerprint density at radius 2 is 1.84 bits per heavy atom. The van der Waals surface area contributed by atoms with Crippen molar-refractivity contribution in [3.63, 3.8) is 0 Å². The van der Waals surface area contributed by atoms with E-state index in [0.29, 0.717) is 6.61 Å². The van der Waals surface area contributed by atoms with Crippen molar-refractivity contribution in [2.75, 3.05) is 6.61 Å². The molecule has 25 heavy (non-hydrogen) atoms. The van der Waals surface area contributed by atoms with Crippen LogP contribution in [0, 0.1) is 0 Å². The van der Waals surface area contributed by atoms with E-state index in [1.165, 1.54) is 0 Å². The minimum absolute atomic E-state index is 0.138. The molecule has 0 saturated heterocycles. The molecule has 1 aromatic carbocycles. The summed E-state index contributed by atoms with van der Waals surface area (Å²) in [7, 11) is 0. The van der Waals surface area contributed by atoms with Gasteiger partial charge in [0.2, 0.25) is 0 Å². The van der Waals surface area contributed by atoms with Gasteiger partial charge in [-0.3, -0.25) is 10.3 Å². The van der Waals surface area contributed by atoms with Gasteiger partial charge in [-0.2, -0.15) is 0 Å². The Hall–Kier alpha value is -2.40. The topological polar surface area (TPSA) is 52.9 Å². The van der Waals surface area contributed by atoms with Gasteiger partial charge >= 0.3 is 0 Å². The van der Waals surface area contributed by atoms with E-state index in [1.54, 1.807) is 6.26 Å². The number of ether oxygens (including phenoxy) is 2. The Morgan fingerprint density at radius 3 is 2.44 bits per heavy atom. The number of hydroxylamine groups is 1. The molecular formula is C20H27NO4. The number of rotatable bonds is 10. The highest BCUT2D eigenvalue weighted by molar-refractivity contribution is 5.57. The molecule has 0 fully saturated rings. The molecule has 5 nitrogen and oxygen atoms in total. The summed E-state index contributed by atoms with van der Waals surface area (Å²) in [4.78, 5) is 5.60. The summed E-state index contributed by atoms with van der Waals surface area (Å²) in [6, 6.07) is 11.3. The van der Waals surface area contributed by atoms with Crippen molar-refractivity contribution < 1.29 is 18.7 Å². The van der Waals surface area contributed by atoms with Crippen LogP contribution in [0.3, 0.4) is 0 Å². The quantitative estimate of drug-likeness (QED) is 0.627. The minimum Gasteiger partial charge on any atom is -0.491 e. The second-order valence-corrected chi connectivity index (χ2v) is 5.83. The fourth-order valence-corrected chi connectivity index (χ4v) is 2.03. The van der Waals surface area contributed by atoms with Crippen LogP contribution in [0.5, 0.6) is 11.5 Å². The zero-order chi connectivity index (χ0) is 18.1. The smallest absolute Gasteiger partial charge is 0.151 e. The molecule has 2 atom stereocenters. The van der Waals surface area contributed by atoms with E-state index in [1.807, 2.05) is 56.3 Å². The lowest BCUT2D eigenvalue weighted by atomic mass is 10.3. The SMILES string of the molecule is CC=C(NOC(C)COc1ccc(OC(C)CC)cc1)c1ccco1. The molecule has 1 N–H and O–H groups in total. The maximum Gasteiger partial charge on any atom is 0.151 e. The molecule has 0 spiro atoms. The number of benzene rings is 1. The van der Waals surface area contributed by atoms with E-state index in [-0.39, 0.29) is 12.2 Å². The third kappa shape index (κ3) is 6.19. The van der Waals surface area contributed by atoms with Crippen molar-refractivity contribution in [1.82, 2.24) is 5.48 Å². The fraction of sp³-hybridized carbons (Fsp3) is 0.400. The molecule has 1 aromatic heterocycles. The van der Waals surface area contributed by atoms with Gasteiger partial charge in [0.05, 0.1) is 18.1 Å². The lowest BCUT2D eigenvalue weighted by Gasteiger charge is -2.16. The van der Waals surface area contributed by atoms with Gasteiger partial charge in [0, 0.05) is 0 Å². The minimum atomic E-state index is -0.138. The molecule has 0 saturated carbocycles. The highest BCUT2D eigenvalue weighted by atomic mass is 16.7. The third-order valence-electron chi connectivity index (χ3n) is 3.67. The highest BCUT2D eigenvalue weighted by Gasteiger charge is 2.08. The van der Waals surface area contributed by atoms with Crippen LogP contribution in [-0.2, 0) is 4.84 Å². The average Bonchev–Trinajstić information content (AvgIpc) is 3.16. The van der Waals surface area contributed by atoms with Crippen LogP contribution in [0.4, 0.5) is 0 Å². The first-order valence-electron chi connectivity index (χ1n) is 8.63. The Bertz CT molecular complexity index is 634. The van der Waals surface area contributed by atoms with Crippen molar-refractivity contribution in [1.29, 1.82) is 0 Å². The van der Waals surface area contributed by atoms with Crippen LogP contribution in [0.2, 0.25) is 0 Å². The molecule has 5 heteroatoms. The number of hydrogen-bond donors (Lipinski definition) is 1. The van der Waals surface area contributed by atoms with Gasteiger partial charge in [0.25, 0.3) is 0 Å². The lowest BCUT2D eigenvalue weighted by Crippen LogP contribution is -2.25. The largest absolute Gasteiger partial charge is 0.491 e. The van der Waals surface area contributed by atoms with Crippen LogP contribution in [0.25, 0.3) is 5.70 Å². The van der Waals surface area contributed by atoms with Gasteiger partial charge in [0.1, 0.15) is 24.2 Å². The van der Waals surface area contributed by atoms with Crippen LogP contribution < -0.4 is 15.0 Å². The molecule has 0 aliphatic heterocycles. The lowest BCUT2D eigenvalue weighted by molar-refractivity contribution is -0.0102. The molecule has 2 unspecified atom stereocenters. The molecule has 0 amide bonds. The number of hydrogen-bond acceptors (Lipinski definition) is 5. The van der Waals surface area contributed by atoms with Crippen molar-refractivity contribution in [2.24, 2.45) is 0 Å². The van der Waals surface area contributed by atoms with Gasteiger partial charge in [-0.1, -0.05) is 13.0 Å². The summed E-state index contributed by atoms with van der Waals surface area (Å²) in [5.74, 6) is 2.36. The molecule has 0 radical (unpaired) electrons. The van der Waals surface area contributed by atoms with Crippen molar-refractivity contribution in [2.45, 2.75) is 46.3 Å². The molecule has 0 aliphatic rings. The maximum atomic E-state index is 5.75. The third-order valence-corrected chi connectivity index (χ3v) is 3.67. The predicted molar refractivity (Wildman–Crippen MR) is 98.4 cm³/mol. The summed E-state index contributed by atoms with van der Waals surface area (Å²) in [5.41, 5.74) is 3.69. The van der Waals surface area contributed by atoms with E-state index < -0.39 is 0 Å². The van der Waals surface area contributed by atoms with Crippen LogP contribution >= 0.6 is 0 Å². The first-order chi connectivity index (χ1) is 12.1. The summed E-state index contributed by atoms with van der Waals surface area (Å²) in [6.07, 6.45) is 4.57. The van der Waals surface area contributed by atoms with Gasteiger partial charge < -0.3 is 13.9 Å². The van der Waals surface area contributed by atoms with Crippen molar-refractivity contribution >= 4 is 5.70 Å². The zero-order valence-electron chi connectivity index (χ0n) is 15.3. The van der Waals surface area contributed by atoms with E-state index in [0.717, 1.165) is 29.4 Å². The van der Waals surface area contributed by atoms with E-state index >= 15 is 0 Å². The molecule has 1 heterocycles. The van der Waals surface area contributed by atoms with Crippen molar-refractivity contribution in [3.8, 4) is 11.5 Å². The highest BCUT2D eigenvalue weighted by Crippen LogP contribution is 2.19. The van der Waals surface area contributed by atoms with E-state index in [4.69, 9.17) is 18.7 Å². The molecular weight excluding hydrogens is 318 g/mol. The average molecular weight is 345 g/mol. The Labute approximate surface area is 149 Å². The predicted octanol–water partition coefficient (Wildman–Crippen LogP) is 4.81. The van der Waals surface area contributed by atoms with Crippen LogP contribution in [0.15, 0.2) is 53.2 Å². The normalized spacial score (nSPS) is 14.0. The monoisotopic (exact) mass is 345 g/mol. The maximum absolute atomic E-state index is 5.75. The van der Waals surface area contributed by atoms with Crippen LogP contribution in [0.1, 0.15) is 39.9 Å². The first-order valence-corrected chi connectivity index (χ1v) is 8.63. The number of furan rings is 1. The summed E-state index contributed by atoms with van der Waals surface area (Å²) >= 11 is 0. The van der Waals surface area contributed by atoms with Gasteiger partial charge in [-0.05, 0) is 63.6 Å². The fourth-order valence-electron chi connectivity index (χ4n) is 2.03. The summed E-state index contributed by atoms with van der Waals surface area (Å²) in [5, 5.41) is 0. The second-order valence-electron chi connectivity index (χ2n) is 5.83. The molecule has 0 bridgehead atoms.